The summed E-state index contributed by atoms with van der Waals surface area (Å²) in [7, 11) is 0. The number of alkyl halides is 6. The van der Waals surface area contributed by atoms with Crippen LogP contribution in [-0.4, -0.2) is 31.0 Å². The Kier molecular flexibility index (Phi) is 6.09. The standard InChI is InChI=1S/C12H9Cl6N3S/c1-22-8-4-2-7(3-5-8)9-20-10(11(13,14)15)19-6-21(9)12(16,17)18/h2-6,9H,1H3. The van der Waals surface area contributed by atoms with E-state index in [0.29, 0.717) is 0 Å². The number of hydrogen-bond acceptors (Lipinski definition) is 4. The van der Waals surface area contributed by atoms with Crippen molar-refractivity contribution in [2.24, 2.45) is 9.98 Å². The topological polar surface area (TPSA) is 28.0 Å². The van der Waals surface area contributed by atoms with Gasteiger partial charge in [0, 0.05) is 4.90 Å². The average Bonchev–Trinajstić information content (AvgIpc) is 2.45. The maximum atomic E-state index is 5.97. The predicted molar refractivity (Wildman–Crippen MR) is 99.3 cm³/mol. The van der Waals surface area contributed by atoms with Crippen molar-refractivity contribution in [1.29, 1.82) is 0 Å². The maximum absolute atomic E-state index is 5.97. The van der Waals surface area contributed by atoms with Crippen molar-refractivity contribution in [3.63, 3.8) is 0 Å². The first-order valence-corrected chi connectivity index (χ1v) is 9.30. The molecule has 1 atom stereocenters. The number of aliphatic imine (C=N–C) groups is 2. The van der Waals surface area contributed by atoms with Crippen molar-refractivity contribution in [3.8, 4) is 0 Å². The molecule has 120 valence electrons. The second-order valence-corrected chi connectivity index (χ2v) is 9.60. The largest absolute Gasteiger partial charge is 0.291 e. The average molecular weight is 440 g/mol. The summed E-state index contributed by atoms with van der Waals surface area (Å²) in [5, 5.41) is 0. The van der Waals surface area contributed by atoms with Crippen molar-refractivity contribution in [1.82, 2.24) is 4.90 Å². The van der Waals surface area contributed by atoms with E-state index in [0.717, 1.165) is 10.5 Å². The highest BCUT2D eigenvalue weighted by Gasteiger charge is 2.39. The van der Waals surface area contributed by atoms with Crippen molar-refractivity contribution in [2.45, 2.75) is 18.8 Å². The smallest absolute Gasteiger partial charge is 0.270 e. The molecule has 1 heterocycles. The number of nitrogens with zero attached hydrogens (tertiary/aromatic N) is 3. The maximum Gasteiger partial charge on any atom is 0.270 e. The van der Waals surface area contributed by atoms with Crippen LogP contribution in [0.4, 0.5) is 0 Å². The summed E-state index contributed by atoms with van der Waals surface area (Å²) in [5.41, 5.74) is 0.780. The molecule has 22 heavy (non-hydrogen) atoms. The highest BCUT2D eigenvalue weighted by Crippen LogP contribution is 2.41. The third-order valence-electron chi connectivity index (χ3n) is 2.77. The van der Waals surface area contributed by atoms with Crippen molar-refractivity contribution < 1.29 is 0 Å². The van der Waals surface area contributed by atoms with E-state index in [4.69, 9.17) is 69.6 Å². The first-order chi connectivity index (χ1) is 10.1. The number of hydrogen-bond donors (Lipinski definition) is 0. The molecular weight excluding hydrogens is 431 g/mol. The van der Waals surface area contributed by atoms with Crippen LogP contribution >= 0.6 is 81.4 Å². The molecule has 3 nitrogen and oxygen atoms in total. The molecule has 0 radical (unpaired) electrons. The highest BCUT2D eigenvalue weighted by atomic mass is 35.6. The third kappa shape index (κ3) is 4.50. The third-order valence-corrected chi connectivity index (χ3v) is 4.61. The van der Waals surface area contributed by atoms with E-state index in [-0.39, 0.29) is 5.84 Å². The zero-order chi connectivity index (χ0) is 16.5. The molecule has 0 bridgehead atoms. The van der Waals surface area contributed by atoms with E-state index in [1.807, 2.05) is 30.5 Å². The molecule has 0 fully saturated rings. The van der Waals surface area contributed by atoms with Crippen LogP contribution in [0, 0.1) is 0 Å². The molecule has 0 aliphatic carbocycles. The Morgan fingerprint density at radius 3 is 2.09 bits per heavy atom. The minimum Gasteiger partial charge on any atom is -0.291 e. The second-order valence-electron chi connectivity index (χ2n) is 4.22. The first-order valence-electron chi connectivity index (χ1n) is 5.81. The molecule has 2 rings (SSSR count). The Morgan fingerprint density at radius 1 is 1.05 bits per heavy atom. The van der Waals surface area contributed by atoms with Gasteiger partial charge in [0.15, 0.2) is 12.0 Å². The van der Waals surface area contributed by atoms with Gasteiger partial charge in [0.05, 0.1) is 6.34 Å². The molecule has 1 aliphatic heterocycles. The van der Waals surface area contributed by atoms with Gasteiger partial charge >= 0.3 is 0 Å². The summed E-state index contributed by atoms with van der Waals surface area (Å²) in [6.07, 6.45) is 2.63. The number of halogens is 6. The second kappa shape index (κ2) is 7.14. The van der Waals surface area contributed by atoms with Gasteiger partial charge in [-0.1, -0.05) is 81.7 Å². The van der Waals surface area contributed by atoms with Gasteiger partial charge in [-0.2, -0.15) is 0 Å². The van der Waals surface area contributed by atoms with Gasteiger partial charge in [0.2, 0.25) is 3.79 Å². The normalized spacial score (nSPS) is 19.3. The first kappa shape index (κ1) is 18.8. The predicted octanol–water partition coefficient (Wildman–Crippen LogP) is 5.85. The monoisotopic (exact) mass is 437 g/mol. The van der Waals surface area contributed by atoms with Crippen LogP contribution < -0.4 is 0 Å². The van der Waals surface area contributed by atoms with Gasteiger partial charge in [-0.3, -0.25) is 4.90 Å². The molecule has 0 amide bonds. The molecule has 0 N–H and O–H groups in total. The molecule has 0 saturated carbocycles. The Bertz CT molecular complexity index is 590. The van der Waals surface area contributed by atoms with E-state index in [1.54, 1.807) is 11.8 Å². The summed E-state index contributed by atoms with van der Waals surface area (Å²) in [5.74, 6) is 0.0296. The van der Waals surface area contributed by atoms with Gasteiger partial charge in [-0.15, -0.1) is 11.8 Å². The fraction of sp³-hybridized carbons (Fsp3) is 0.333. The molecule has 0 aromatic heterocycles. The van der Waals surface area contributed by atoms with Gasteiger partial charge in [-0.25, -0.2) is 9.98 Å². The summed E-state index contributed by atoms with van der Waals surface area (Å²) < 4.78 is -3.50. The molecule has 0 spiro atoms. The van der Waals surface area contributed by atoms with Crippen molar-refractivity contribution in [3.05, 3.63) is 29.8 Å². The molecule has 1 aromatic rings. The minimum absolute atomic E-state index is 0.0296. The van der Waals surface area contributed by atoms with Gasteiger partial charge in [0.25, 0.3) is 3.92 Å². The summed E-state index contributed by atoms with van der Waals surface area (Å²) in [6, 6.07) is 7.62. The van der Waals surface area contributed by atoms with Crippen LogP contribution in [-0.2, 0) is 0 Å². The molecule has 0 saturated heterocycles. The lowest BCUT2D eigenvalue weighted by Crippen LogP contribution is -2.41. The lowest BCUT2D eigenvalue weighted by molar-refractivity contribution is 0.333. The molecular formula is C12H9Cl6N3S. The number of thioether (sulfide) groups is 1. The van der Waals surface area contributed by atoms with Gasteiger partial charge in [-0.05, 0) is 24.0 Å². The fourth-order valence-electron chi connectivity index (χ4n) is 1.75. The number of benzene rings is 1. The summed E-state index contributed by atoms with van der Waals surface area (Å²) in [4.78, 5) is 10.7. The van der Waals surface area contributed by atoms with Crippen molar-refractivity contribution >= 4 is 93.5 Å². The van der Waals surface area contributed by atoms with E-state index in [2.05, 4.69) is 9.98 Å². The zero-order valence-electron chi connectivity index (χ0n) is 11.0. The molecule has 10 heteroatoms. The SMILES string of the molecule is CSc1ccc(C2N=C(C(Cl)(Cl)Cl)N=CN2C(Cl)(Cl)Cl)cc1. The fourth-order valence-corrected chi connectivity index (χ4v) is 2.86. The Morgan fingerprint density at radius 2 is 1.64 bits per heavy atom. The van der Waals surface area contributed by atoms with Gasteiger partial charge in [0.1, 0.15) is 0 Å². The van der Waals surface area contributed by atoms with Crippen LogP contribution in [0.3, 0.4) is 0 Å². The van der Waals surface area contributed by atoms with Gasteiger partial charge < -0.3 is 0 Å². The van der Waals surface area contributed by atoms with Crippen LogP contribution in [0.1, 0.15) is 11.7 Å². The van der Waals surface area contributed by atoms with Crippen molar-refractivity contribution in [2.75, 3.05) is 6.26 Å². The summed E-state index contributed by atoms with van der Waals surface area (Å²) in [6.45, 7) is 0. The summed E-state index contributed by atoms with van der Waals surface area (Å²) >= 11 is 37.0. The lowest BCUT2D eigenvalue weighted by Gasteiger charge is -2.35. The van der Waals surface area contributed by atoms with E-state index >= 15 is 0 Å². The van der Waals surface area contributed by atoms with Crippen LogP contribution in [0.15, 0.2) is 39.1 Å². The highest BCUT2D eigenvalue weighted by molar-refractivity contribution is 7.98. The molecule has 1 aliphatic rings. The zero-order valence-corrected chi connectivity index (χ0v) is 16.3. The number of rotatable bonds is 2. The molecule has 1 aromatic carbocycles. The Balaban J connectivity index is 2.44. The van der Waals surface area contributed by atoms with E-state index in [1.165, 1.54) is 11.2 Å². The van der Waals surface area contributed by atoms with Crippen LogP contribution in [0.5, 0.6) is 0 Å². The van der Waals surface area contributed by atoms with Crippen LogP contribution in [0.25, 0.3) is 0 Å². The molecule has 1 unspecified atom stereocenters. The Hall–Kier alpha value is 0.450. The quantitative estimate of drug-likeness (QED) is 0.328. The van der Waals surface area contributed by atoms with E-state index in [9.17, 15) is 0 Å². The minimum atomic E-state index is -1.76. The lowest BCUT2D eigenvalue weighted by atomic mass is 10.1. The van der Waals surface area contributed by atoms with Crippen LogP contribution in [0.2, 0.25) is 0 Å². The Labute approximate surface area is 162 Å². The number of amidine groups is 1. The van der Waals surface area contributed by atoms with E-state index < -0.39 is 13.9 Å².